The maximum atomic E-state index is 12.4. The summed E-state index contributed by atoms with van der Waals surface area (Å²) >= 11 is 0. The van der Waals surface area contributed by atoms with Gasteiger partial charge in [0.2, 0.25) is 0 Å². The van der Waals surface area contributed by atoms with Crippen LogP contribution in [-0.2, 0) is 4.79 Å². The highest BCUT2D eigenvalue weighted by molar-refractivity contribution is 5.94. The summed E-state index contributed by atoms with van der Waals surface area (Å²) in [5.41, 5.74) is 5.90. The van der Waals surface area contributed by atoms with Crippen molar-refractivity contribution in [1.29, 1.82) is 0 Å². The molecule has 2 unspecified atom stereocenters. The van der Waals surface area contributed by atoms with Gasteiger partial charge >= 0.3 is 0 Å². The van der Waals surface area contributed by atoms with E-state index < -0.39 is 0 Å². The molecule has 0 saturated carbocycles. The summed E-state index contributed by atoms with van der Waals surface area (Å²) in [6, 6.07) is 7.29. The number of hydrogen-bond acceptors (Lipinski definition) is 4. The summed E-state index contributed by atoms with van der Waals surface area (Å²) < 4.78 is 5.59. The van der Waals surface area contributed by atoms with Crippen molar-refractivity contribution in [2.75, 3.05) is 19.7 Å². The van der Waals surface area contributed by atoms with Crippen LogP contribution in [0, 0.1) is 0 Å². The number of hydrogen-bond donors (Lipinski definition) is 2. The lowest BCUT2D eigenvalue weighted by molar-refractivity contribution is -0.139. The normalized spacial score (nSPS) is 19.7. The van der Waals surface area contributed by atoms with Crippen molar-refractivity contribution in [3.8, 4) is 5.75 Å². The molecule has 0 radical (unpaired) electrons. The molecule has 0 spiro atoms. The van der Waals surface area contributed by atoms with E-state index in [0.717, 1.165) is 12.8 Å². The van der Waals surface area contributed by atoms with Gasteiger partial charge in [-0.25, -0.2) is 0 Å². The predicted octanol–water partition coefficient (Wildman–Crippen LogP) is 1.97. The Labute approximate surface area is 155 Å². The fourth-order valence-electron chi connectivity index (χ4n) is 3.12. The van der Waals surface area contributed by atoms with Crippen LogP contribution >= 0.6 is 12.4 Å². The number of benzene rings is 1. The first-order valence-corrected chi connectivity index (χ1v) is 8.55. The number of likely N-dealkylation sites (tertiary alicyclic amines) is 1. The number of nitrogens with zero attached hydrogens (tertiary/aromatic N) is 1. The third kappa shape index (κ3) is 5.90. The summed E-state index contributed by atoms with van der Waals surface area (Å²) in [7, 11) is 0. The maximum Gasteiger partial charge on any atom is 0.260 e. The van der Waals surface area contributed by atoms with E-state index >= 15 is 0 Å². The van der Waals surface area contributed by atoms with Gasteiger partial charge < -0.3 is 20.7 Å². The van der Waals surface area contributed by atoms with Crippen LogP contribution in [0.1, 0.15) is 43.5 Å². The molecule has 6 nitrogen and oxygen atoms in total. The molecule has 1 saturated heterocycles. The van der Waals surface area contributed by atoms with Crippen molar-refractivity contribution in [1.82, 2.24) is 10.2 Å². The minimum Gasteiger partial charge on any atom is -0.484 e. The van der Waals surface area contributed by atoms with Crippen molar-refractivity contribution in [3.63, 3.8) is 0 Å². The van der Waals surface area contributed by atoms with Gasteiger partial charge in [0.15, 0.2) is 6.61 Å². The maximum absolute atomic E-state index is 12.4. The lowest BCUT2D eigenvalue weighted by Gasteiger charge is -2.38. The second-order valence-corrected chi connectivity index (χ2v) is 6.29. The van der Waals surface area contributed by atoms with Crippen LogP contribution in [0.2, 0.25) is 0 Å². The Morgan fingerprint density at radius 1 is 1.20 bits per heavy atom. The van der Waals surface area contributed by atoms with Crippen LogP contribution in [0.5, 0.6) is 5.75 Å². The molecule has 1 fully saturated rings. The summed E-state index contributed by atoms with van der Waals surface area (Å²) in [5, 5.41) is 2.71. The van der Waals surface area contributed by atoms with Crippen LogP contribution in [0.15, 0.2) is 24.3 Å². The van der Waals surface area contributed by atoms with E-state index in [1.807, 2.05) is 4.90 Å². The zero-order valence-corrected chi connectivity index (χ0v) is 15.7. The van der Waals surface area contributed by atoms with Gasteiger partial charge in [0.05, 0.1) is 0 Å². The molecular formula is C18H28ClN3O3. The average molecular weight is 370 g/mol. The van der Waals surface area contributed by atoms with E-state index in [0.29, 0.717) is 24.4 Å². The molecule has 2 rings (SSSR count). The standard InChI is InChI=1S/C18H27N3O3.ClH/c1-13-4-3-5-14(2)21(13)17(22)12-24-16-8-6-15(7-9-16)18(23)20-11-10-19;/h6-9,13-14H,3-5,10-12,19H2,1-2H3,(H,20,23);1H. The first-order chi connectivity index (χ1) is 11.5. The predicted molar refractivity (Wildman–Crippen MR) is 100 cm³/mol. The zero-order chi connectivity index (χ0) is 17.5. The molecule has 3 N–H and O–H groups in total. The average Bonchev–Trinajstić information content (AvgIpc) is 2.58. The quantitative estimate of drug-likeness (QED) is 0.802. The highest BCUT2D eigenvalue weighted by atomic mass is 35.5. The number of rotatable bonds is 6. The number of nitrogens with two attached hydrogens (primary N) is 1. The Balaban J connectivity index is 0.00000312. The largest absolute Gasteiger partial charge is 0.484 e. The summed E-state index contributed by atoms with van der Waals surface area (Å²) in [6.07, 6.45) is 3.26. The molecule has 1 aromatic carbocycles. The lowest BCUT2D eigenvalue weighted by atomic mass is 9.97. The molecule has 7 heteroatoms. The zero-order valence-electron chi connectivity index (χ0n) is 14.9. The Bertz CT molecular complexity index is 555. The molecule has 1 aliphatic heterocycles. The molecule has 1 heterocycles. The van der Waals surface area contributed by atoms with Crippen molar-refractivity contribution in [2.24, 2.45) is 5.73 Å². The Morgan fingerprint density at radius 3 is 2.36 bits per heavy atom. The number of amides is 2. The van der Waals surface area contributed by atoms with Crippen molar-refractivity contribution in [3.05, 3.63) is 29.8 Å². The molecular weight excluding hydrogens is 342 g/mol. The molecule has 0 bridgehead atoms. The monoisotopic (exact) mass is 369 g/mol. The van der Waals surface area contributed by atoms with Crippen LogP contribution in [0.3, 0.4) is 0 Å². The molecule has 1 aromatic rings. The van der Waals surface area contributed by atoms with Gasteiger partial charge in [-0.1, -0.05) is 0 Å². The Kier molecular flexibility index (Phi) is 8.72. The van der Waals surface area contributed by atoms with Gasteiger partial charge in [-0.15, -0.1) is 12.4 Å². The fourth-order valence-corrected chi connectivity index (χ4v) is 3.12. The Morgan fingerprint density at radius 2 is 1.80 bits per heavy atom. The van der Waals surface area contributed by atoms with Gasteiger partial charge in [-0.3, -0.25) is 9.59 Å². The summed E-state index contributed by atoms with van der Waals surface area (Å²) in [6.45, 7) is 5.04. The molecule has 2 atom stereocenters. The van der Waals surface area contributed by atoms with Crippen molar-refractivity contribution in [2.45, 2.75) is 45.2 Å². The SMILES string of the molecule is CC1CCCC(C)N1C(=O)COc1ccc(C(=O)NCCN)cc1.Cl. The number of carbonyl (C=O) groups excluding carboxylic acids is 2. The molecule has 0 aliphatic carbocycles. The second-order valence-electron chi connectivity index (χ2n) is 6.29. The Hall–Kier alpha value is -1.79. The minimum atomic E-state index is -0.168. The van der Waals surface area contributed by atoms with Crippen LogP contribution in [0.4, 0.5) is 0 Å². The molecule has 140 valence electrons. The highest BCUT2D eigenvalue weighted by Gasteiger charge is 2.28. The van der Waals surface area contributed by atoms with E-state index in [1.54, 1.807) is 24.3 Å². The summed E-state index contributed by atoms with van der Waals surface area (Å²) in [5.74, 6) is 0.426. The molecule has 2 amide bonds. The first kappa shape index (κ1) is 21.3. The van der Waals surface area contributed by atoms with Gasteiger partial charge in [0, 0.05) is 30.7 Å². The van der Waals surface area contributed by atoms with Crippen molar-refractivity contribution >= 4 is 24.2 Å². The molecule has 25 heavy (non-hydrogen) atoms. The second kappa shape index (κ2) is 10.3. The van der Waals surface area contributed by atoms with E-state index in [1.165, 1.54) is 6.42 Å². The molecule has 0 aromatic heterocycles. The van der Waals surface area contributed by atoms with Gasteiger partial charge in [-0.2, -0.15) is 0 Å². The van der Waals surface area contributed by atoms with Gasteiger partial charge in [0.25, 0.3) is 11.8 Å². The van der Waals surface area contributed by atoms with Crippen LogP contribution in [0.25, 0.3) is 0 Å². The summed E-state index contributed by atoms with van der Waals surface area (Å²) in [4.78, 5) is 26.1. The number of nitrogens with one attached hydrogen (secondary N) is 1. The van der Waals surface area contributed by atoms with E-state index in [4.69, 9.17) is 10.5 Å². The van der Waals surface area contributed by atoms with Gasteiger partial charge in [0.1, 0.15) is 5.75 Å². The fraction of sp³-hybridized carbons (Fsp3) is 0.556. The van der Waals surface area contributed by atoms with Crippen molar-refractivity contribution < 1.29 is 14.3 Å². The minimum absolute atomic E-state index is 0. The third-order valence-electron chi connectivity index (χ3n) is 4.39. The highest BCUT2D eigenvalue weighted by Crippen LogP contribution is 2.22. The van der Waals surface area contributed by atoms with Crippen LogP contribution < -0.4 is 15.8 Å². The number of halogens is 1. The van der Waals surface area contributed by atoms with E-state index in [9.17, 15) is 9.59 Å². The molecule has 1 aliphatic rings. The number of piperidine rings is 1. The van der Waals surface area contributed by atoms with Crippen LogP contribution in [-0.4, -0.2) is 48.5 Å². The lowest BCUT2D eigenvalue weighted by Crippen LogP contribution is -2.49. The topological polar surface area (TPSA) is 84.7 Å². The van der Waals surface area contributed by atoms with Gasteiger partial charge in [-0.05, 0) is 57.4 Å². The third-order valence-corrected chi connectivity index (χ3v) is 4.39. The number of carbonyl (C=O) groups is 2. The smallest absolute Gasteiger partial charge is 0.260 e. The van der Waals surface area contributed by atoms with E-state index in [2.05, 4.69) is 19.2 Å². The van der Waals surface area contributed by atoms with E-state index in [-0.39, 0.29) is 42.9 Å². The first-order valence-electron chi connectivity index (χ1n) is 8.55. The number of ether oxygens (including phenoxy) is 1.